The van der Waals surface area contributed by atoms with Crippen molar-refractivity contribution in [3.8, 4) is 11.4 Å². The molecule has 0 fully saturated rings. The van der Waals surface area contributed by atoms with Gasteiger partial charge in [-0.2, -0.15) is 13.2 Å². The number of imidazole rings is 1. The molecule has 1 heterocycles. The van der Waals surface area contributed by atoms with Crippen LogP contribution in [0.5, 0.6) is 0 Å². The van der Waals surface area contributed by atoms with E-state index in [9.17, 15) is 18.0 Å². The molecule has 0 spiro atoms. The zero-order valence-electron chi connectivity index (χ0n) is 13.8. The molecule has 0 aliphatic carbocycles. The Morgan fingerprint density at radius 1 is 1.08 bits per heavy atom. The van der Waals surface area contributed by atoms with Crippen LogP contribution in [0.2, 0.25) is 0 Å². The van der Waals surface area contributed by atoms with Crippen LogP contribution in [0.3, 0.4) is 0 Å². The second kappa shape index (κ2) is 7.03. The van der Waals surface area contributed by atoms with Gasteiger partial charge < -0.3 is 9.30 Å². The first kappa shape index (κ1) is 17.7. The third kappa shape index (κ3) is 3.77. The molecule has 0 saturated carbocycles. The second-order valence-electron chi connectivity index (χ2n) is 5.63. The Morgan fingerprint density at radius 3 is 2.31 bits per heavy atom. The van der Waals surface area contributed by atoms with Gasteiger partial charge in [-0.05, 0) is 17.7 Å². The minimum Gasteiger partial charge on any atom is -0.465 e. The van der Waals surface area contributed by atoms with Gasteiger partial charge in [-0.3, -0.25) is 0 Å². The summed E-state index contributed by atoms with van der Waals surface area (Å²) in [6.45, 7) is 0.248. The van der Waals surface area contributed by atoms with Crippen molar-refractivity contribution >= 4 is 5.97 Å². The quantitative estimate of drug-likeness (QED) is 0.648. The second-order valence-corrected chi connectivity index (χ2v) is 5.63. The maximum absolute atomic E-state index is 13.1. The molecule has 3 rings (SSSR count). The first-order valence-corrected chi connectivity index (χ1v) is 7.75. The first-order valence-electron chi connectivity index (χ1n) is 7.75. The molecular formula is C19H15F3N2O2. The summed E-state index contributed by atoms with van der Waals surface area (Å²) in [6, 6.07) is 15.2. The van der Waals surface area contributed by atoms with Crippen LogP contribution in [-0.2, 0) is 17.5 Å². The predicted molar refractivity (Wildman–Crippen MR) is 89.5 cm³/mol. The summed E-state index contributed by atoms with van der Waals surface area (Å²) >= 11 is 0. The van der Waals surface area contributed by atoms with Crippen molar-refractivity contribution in [2.24, 2.45) is 0 Å². The van der Waals surface area contributed by atoms with Crippen LogP contribution in [0.15, 0.2) is 60.8 Å². The molecule has 0 amide bonds. The molecule has 0 atom stereocenters. The monoisotopic (exact) mass is 360 g/mol. The lowest BCUT2D eigenvalue weighted by atomic mass is 10.1. The highest BCUT2D eigenvalue weighted by molar-refractivity contribution is 5.89. The van der Waals surface area contributed by atoms with Crippen molar-refractivity contribution in [3.05, 3.63) is 77.6 Å². The van der Waals surface area contributed by atoms with Crippen molar-refractivity contribution in [1.82, 2.24) is 9.55 Å². The van der Waals surface area contributed by atoms with Crippen LogP contribution in [0.25, 0.3) is 11.4 Å². The van der Waals surface area contributed by atoms with Crippen molar-refractivity contribution in [3.63, 3.8) is 0 Å². The highest BCUT2D eigenvalue weighted by Gasteiger charge is 2.35. The molecule has 0 aliphatic heterocycles. The maximum atomic E-state index is 13.1. The van der Waals surface area contributed by atoms with Gasteiger partial charge in [0.25, 0.3) is 0 Å². The minimum atomic E-state index is -4.54. The van der Waals surface area contributed by atoms with Crippen molar-refractivity contribution < 1.29 is 22.7 Å². The van der Waals surface area contributed by atoms with Gasteiger partial charge in [0.1, 0.15) is 5.82 Å². The summed E-state index contributed by atoms with van der Waals surface area (Å²) in [5.74, 6) is -0.335. The lowest BCUT2D eigenvalue weighted by Gasteiger charge is -2.08. The summed E-state index contributed by atoms with van der Waals surface area (Å²) in [5.41, 5.74) is 0.684. The number of esters is 1. The molecule has 0 N–H and O–H groups in total. The Balaban J connectivity index is 2.01. The smallest absolute Gasteiger partial charge is 0.434 e. The van der Waals surface area contributed by atoms with E-state index in [1.807, 2.05) is 30.3 Å². The molecule has 0 bridgehead atoms. The number of hydrogen-bond donors (Lipinski definition) is 0. The third-order valence-electron chi connectivity index (χ3n) is 3.83. The van der Waals surface area contributed by atoms with Crippen molar-refractivity contribution in [2.75, 3.05) is 7.11 Å². The van der Waals surface area contributed by atoms with Crippen LogP contribution in [0.4, 0.5) is 13.2 Å². The van der Waals surface area contributed by atoms with E-state index >= 15 is 0 Å². The Hall–Kier alpha value is -3.09. The molecule has 7 heteroatoms. The number of methoxy groups -OCH3 is 1. The van der Waals surface area contributed by atoms with Gasteiger partial charge >= 0.3 is 12.1 Å². The van der Waals surface area contributed by atoms with E-state index in [1.54, 1.807) is 12.1 Å². The SMILES string of the molecule is COC(=O)c1ccc(-c2nc(C(F)(F)F)cn2Cc2ccccc2)cc1. The fourth-order valence-electron chi connectivity index (χ4n) is 2.56. The fourth-order valence-corrected chi connectivity index (χ4v) is 2.56. The van der Waals surface area contributed by atoms with E-state index in [2.05, 4.69) is 9.72 Å². The van der Waals surface area contributed by atoms with E-state index in [0.29, 0.717) is 11.1 Å². The van der Waals surface area contributed by atoms with Crippen molar-refractivity contribution in [2.45, 2.75) is 12.7 Å². The van der Waals surface area contributed by atoms with E-state index in [0.717, 1.165) is 11.8 Å². The maximum Gasteiger partial charge on any atom is 0.434 e. The highest BCUT2D eigenvalue weighted by Crippen LogP contribution is 2.31. The van der Waals surface area contributed by atoms with Crippen molar-refractivity contribution in [1.29, 1.82) is 0 Å². The Labute approximate surface area is 147 Å². The summed E-state index contributed by atoms with van der Waals surface area (Å²) in [4.78, 5) is 15.3. The highest BCUT2D eigenvalue weighted by atomic mass is 19.4. The fraction of sp³-hybridized carbons (Fsp3) is 0.158. The molecule has 0 aliphatic rings. The Kier molecular flexibility index (Phi) is 4.79. The standard InChI is InChI=1S/C19H15F3N2O2/c1-26-18(25)15-9-7-14(8-10-15)17-23-16(19(20,21)22)12-24(17)11-13-5-3-2-4-6-13/h2-10,12H,11H2,1H3. The summed E-state index contributed by atoms with van der Waals surface area (Å²) in [6.07, 6.45) is -3.54. The Bertz CT molecular complexity index is 901. The van der Waals surface area contributed by atoms with Gasteiger partial charge in [-0.1, -0.05) is 42.5 Å². The lowest BCUT2D eigenvalue weighted by molar-refractivity contribution is -0.140. The average molecular weight is 360 g/mol. The molecular weight excluding hydrogens is 345 g/mol. The van der Waals surface area contributed by atoms with E-state index < -0.39 is 17.8 Å². The molecule has 4 nitrogen and oxygen atoms in total. The molecule has 26 heavy (non-hydrogen) atoms. The third-order valence-corrected chi connectivity index (χ3v) is 3.83. The zero-order valence-corrected chi connectivity index (χ0v) is 13.8. The van der Waals surface area contributed by atoms with Gasteiger partial charge in [0, 0.05) is 18.3 Å². The topological polar surface area (TPSA) is 44.1 Å². The Morgan fingerprint density at radius 2 is 1.73 bits per heavy atom. The molecule has 0 saturated heterocycles. The number of carbonyl (C=O) groups excluding carboxylic acids is 1. The molecule has 1 aromatic heterocycles. The number of hydrogen-bond acceptors (Lipinski definition) is 3. The van der Waals surface area contributed by atoms with E-state index in [-0.39, 0.29) is 12.4 Å². The first-order chi connectivity index (χ1) is 12.4. The molecule has 3 aromatic rings. The number of ether oxygens (including phenoxy) is 1. The summed E-state index contributed by atoms with van der Waals surface area (Å²) < 4.78 is 45.4. The van der Waals surface area contributed by atoms with Gasteiger partial charge in [-0.15, -0.1) is 0 Å². The lowest BCUT2D eigenvalue weighted by Crippen LogP contribution is -2.05. The number of rotatable bonds is 4. The van der Waals surface area contributed by atoms with Crippen LogP contribution < -0.4 is 0 Å². The molecule has 0 radical (unpaired) electrons. The number of halogens is 3. The van der Waals surface area contributed by atoms with Gasteiger partial charge in [0.05, 0.1) is 12.7 Å². The predicted octanol–water partition coefficient (Wildman–Crippen LogP) is 4.40. The van der Waals surface area contributed by atoms with Gasteiger partial charge in [-0.25, -0.2) is 9.78 Å². The van der Waals surface area contributed by atoms with Crippen LogP contribution >= 0.6 is 0 Å². The largest absolute Gasteiger partial charge is 0.465 e. The molecule has 134 valence electrons. The summed E-state index contributed by atoms with van der Waals surface area (Å²) in [7, 11) is 1.26. The normalized spacial score (nSPS) is 11.4. The van der Waals surface area contributed by atoms with Gasteiger partial charge in [0.2, 0.25) is 0 Å². The number of benzene rings is 2. The van der Waals surface area contributed by atoms with Gasteiger partial charge in [0.15, 0.2) is 5.69 Å². The number of alkyl halides is 3. The van der Waals surface area contributed by atoms with Crippen LogP contribution in [0, 0.1) is 0 Å². The average Bonchev–Trinajstić information content (AvgIpc) is 3.06. The van der Waals surface area contributed by atoms with Crippen LogP contribution in [0.1, 0.15) is 21.6 Å². The minimum absolute atomic E-state index is 0.178. The number of nitrogens with zero attached hydrogens (tertiary/aromatic N) is 2. The number of aromatic nitrogens is 2. The summed E-state index contributed by atoms with van der Waals surface area (Å²) in [5, 5.41) is 0. The van der Waals surface area contributed by atoms with Crippen LogP contribution in [-0.4, -0.2) is 22.6 Å². The van der Waals surface area contributed by atoms with E-state index in [1.165, 1.54) is 23.8 Å². The number of carbonyl (C=O) groups is 1. The molecule has 0 unspecified atom stereocenters. The zero-order chi connectivity index (χ0) is 18.7. The van der Waals surface area contributed by atoms with E-state index in [4.69, 9.17) is 0 Å². The molecule has 2 aromatic carbocycles.